The van der Waals surface area contributed by atoms with Crippen molar-refractivity contribution in [1.82, 2.24) is 0 Å². The highest BCUT2D eigenvalue weighted by molar-refractivity contribution is 6.23. The van der Waals surface area contributed by atoms with E-state index in [-0.39, 0.29) is 5.41 Å². The highest BCUT2D eigenvalue weighted by Gasteiger charge is 2.37. The molecule has 0 atom stereocenters. The summed E-state index contributed by atoms with van der Waals surface area (Å²) >= 11 is 0. The second-order valence-electron chi connectivity index (χ2n) is 19.9. The fourth-order valence-corrected chi connectivity index (χ4v) is 11.5. The molecule has 338 valence electrons. The van der Waals surface area contributed by atoms with Crippen molar-refractivity contribution in [2.45, 2.75) is 33.1 Å². The van der Waals surface area contributed by atoms with Gasteiger partial charge in [-0.2, -0.15) is 0 Å². The SMILES string of the molecule is Cc1ccc(N(c2ccc3c(c2)C(C)(C)c2cc4c(-c5ccccc5)c5ccc(N(c6ccc(C)cc6)c6ccc7ccccc7c6)cc5c(-c5ccccc5)c4cc2-3)c2ccc3ccccc3c2)cc1. The van der Waals surface area contributed by atoms with Crippen molar-refractivity contribution >= 4 is 77.2 Å². The van der Waals surface area contributed by atoms with Gasteiger partial charge in [0, 0.05) is 39.5 Å². The van der Waals surface area contributed by atoms with E-state index in [1.807, 2.05) is 0 Å². The summed E-state index contributed by atoms with van der Waals surface area (Å²) in [5.74, 6) is 0. The minimum Gasteiger partial charge on any atom is -0.310 e. The number of hydrogen-bond donors (Lipinski definition) is 0. The Balaban J connectivity index is 1.06. The van der Waals surface area contributed by atoms with Crippen LogP contribution in [0.1, 0.15) is 36.1 Å². The first-order valence-corrected chi connectivity index (χ1v) is 24.8. The Labute approximate surface area is 416 Å². The Kier molecular flexibility index (Phi) is 10.0. The molecule has 0 amide bonds. The van der Waals surface area contributed by atoms with Crippen LogP contribution in [0.15, 0.2) is 243 Å². The maximum atomic E-state index is 2.54. The van der Waals surface area contributed by atoms with E-state index in [1.54, 1.807) is 0 Å². The number of fused-ring (bicyclic) bond motifs is 7. The molecule has 1 aliphatic rings. The fourth-order valence-electron chi connectivity index (χ4n) is 11.5. The van der Waals surface area contributed by atoms with Crippen LogP contribution in [0.4, 0.5) is 34.1 Å². The predicted octanol–water partition coefficient (Wildman–Crippen LogP) is 19.5. The van der Waals surface area contributed by atoms with Crippen molar-refractivity contribution in [3.05, 3.63) is 265 Å². The van der Waals surface area contributed by atoms with Crippen molar-refractivity contribution in [1.29, 1.82) is 0 Å². The summed E-state index contributed by atoms with van der Waals surface area (Å²) in [4.78, 5) is 4.84. The normalized spacial score (nSPS) is 12.6. The number of aryl methyl sites for hydroxylation is 2. The minimum absolute atomic E-state index is 0.286. The quantitative estimate of drug-likeness (QED) is 0.140. The molecule has 0 fully saturated rings. The molecule has 0 aliphatic heterocycles. The number of benzene rings is 12. The van der Waals surface area contributed by atoms with Gasteiger partial charge in [0.1, 0.15) is 0 Å². The van der Waals surface area contributed by atoms with Crippen molar-refractivity contribution < 1.29 is 0 Å². The maximum Gasteiger partial charge on any atom is 0.0468 e. The van der Waals surface area contributed by atoms with Crippen LogP contribution in [-0.2, 0) is 5.41 Å². The molecular weight excluding hydrogens is 857 g/mol. The lowest BCUT2D eigenvalue weighted by Gasteiger charge is -2.28. The Morgan fingerprint density at radius 1 is 0.282 bits per heavy atom. The zero-order valence-electron chi connectivity index (χ0n) is 40.5. The van der Waals surface area contributed by atoms with E-state index in [4.69, 9.17) is 0 Å². The van der Waals surface area contributed by atoms with Crippen molar-refractivity contribution in [3.8, 4) is 33.4 Å². The molecule has 0 saturated heterocycles. The molecule has 13 rings (SSSR count). The lowest BCUT2D eigenvalue weighted by Crippen LogP contribution is -2.16. The topological polar surface area (TPSA) is 6.48 Å². The number of anilines is 6. The van der Waals surface area contributed by atoms with Gasteiger partial charge in [-0.1, -0.05) is 183 Å². The Hall–Kier alpha value is -8.72. The zero-order valence-corrected chi connectivity index (χ0v) is 40.5. The first-order chi connectivity index (χ1) is 34.8. The highest BCUT2D eigenvalue weighted by atomic mass is 15.1. The van der Waals surface area contributed by atoms with Gasteiger partial charge >= 0.3 is 0 Å². The van der Waals surface area contributed by atoms with Crippen LogP contribution in [-0.4, -0.2) is 0 Å². The van der Waals surface area contributed by atoms with Crippen LogP contribution in [0.5, 0.6) is 0 Å². The van der Waals surface area contributed by atoms with E-state index in [0.29, 0.717) is 0 Å². The standard InChI is InChI=1S/C69H52N2/c1-45-23-29-53(30-24-45)70(55-33-27-47-15-11-13-21-51(47)39-55)57-36-38-60-62(41-57)68(50-19-9-6-10-20-50)63-43-61-59-37-35-58(42-65(59)69(3,4)66(61)44-64(63)67(60)49-17-7-5-8-18-49)71(54-31-25-46(2)26-32-54)56-34-28-48-16-12-14-22-52(48)40-56/h5-44H,1-4H3. The van der Waals surface area contributed by atoms with E-state index in [0.717, 1.165) is 34.1 Å². The Morgan fingerprint density at radius 2 is 0.676 bits per heavy atom. The smallest absolute Gasteiger partial charge is 0.0468 e. The monoisotopic (exact) mass is 908 g/mol. The molecule has 0 unspecified atom stereocenters. The Morgan fingerprint density at radius 3 is 1.23 bits per heavy atom. The van der Waals surface area contributed by atoms with Gasteiger partial charge in [0.15, 0.2) is 0 Å². The highest BCUT2D eigenvalue weighted by Crippen LogP contribution is 2.55. The largest absolute Gasteiger partial charge is 0.310 e. The molecule has 71 heavy (non-hydrogen) atoms. The van der Waals surface area contributed by atoms with Crippen LogP contribution < -0.4 is 9.80 Å². The molecule has 0 radical (unpaired) electrons. The van der Waals surface area contributed by atoms with E-state index >= 15 is 0 Å². The first-order valence-electron chi connectivity index (χ1n) is 24.8. The molecule has 2 heteroatoms. The first kappa shape index (κ1) is 42.4. The molecule has 0 heterocycles. The lowest BCUT2D eigenvalue weighted by atomic mass is 9.79. The van der Waals surface area contributed by atoms with E-state index < -0.39 is 0 Å². The second kappa shape index (κ2) is 16.8. The van der Waals surface area contributed by atoms with Crippen LogP contribution in [0, 0.1) is 13.8 Å². The van der Waals surface area contributed by atoms with Gasteiger partial charge in [0.25, 0.3) is 0 Å². The summed E-state index contributed by atoms with van der Waals surface area (Å²) in [5, 5.41) is 9.86. The van der Waals surface area contributed by atoms with Gasteiger partial charge in [-0.25, -0.2) is 0 Å². The van der Waals surface area contributed by atoms with Crippen LogP contribution in [0.2, 0.25) is 0 Å². The van der Waals surface area contributed by atoms with Gasteiger partial charge in [0.05, 0.1) is 0 Å². The predicted molar refractivity (Wildman–Crippen MR) is 304 cm³/mol. The van der Waals surface area contributed by atoms with Crippen molar-refractivity contribution in [3.63, 3.8) is 0 Å². The molecule has 0 bridgehead atoms. The molecule has 2 nitrogen and oxygen atoms in total. The number of rotatable bonds is 8. The van der Waals surface area contributed by atoms with Gasteiger partial charge < -0.3 is 9.80 Å². The zero-order chi connectivity index (χ0) is 47.8. The molecule has 0 saturated carbocycles. The molecule has 12 aromatic carbocycles. The van der Waals surface area contributed by atoms with Crippen LogP contribution in [0.25, 0.3) is 76.5 Å². The van der Waals surface area contributed by atoms with Crippen LogP contribution in [0.3, 0.4) is 0 Å². The summed E-state index contributed by atoms with van der Waals surface area (Å²) in [7, 11) is 0. The third-order valence-electron chi connectivity index (χ3n) is 15.1. The third-order valence-corrected chi connectivity index (χ3v) is 15.1. The Bertz CT molecular complexity index is 4020. The van der Waals surface area contributed by atoms with Crippen molar-refractivity contribution in [2.75, 3.05) is 9.80 Å². The van der Waals surface area contributed by atoms with Crippen molar-refractivity contribution in [2.24, 2.45) is 0 Å². The van der Waals surface area contributed by atoms with Gasteiger partial charge in [-0.3, -0.25) is 0 Å². The summed E-state index contributed by atoms with van der Waals surface area (Å²) in [6.07, 6.45) is 0. The number of nitrogens with zero attached hydrogens (tertiary/aromatic N) is 2. The van der Waals surface area contributed by atoms with E-state index in [2.05, 4.69) is 280 Å². The number of hydrogen-bond acceptors (Lipinski definition) is 2. The summed E-state index contributed by atoms with van der Waals surface area (Å²) in [6, 6.07) is 90.3. The maximum absolute atomic E-state index is 2.54. The summed E-state index contributed by atoms with van der Waals surface area (Å²) in [6.45, 7) is 9.15. The summed E-state index contributed by atoms with van der Waals surface area (Å²) in [5.41, 5.74) is 19.1. The lowest BCUT2D eigenvalue weighted by molar-refractivity contribution is 0.661. The van der Waals surface area contributed by atoms with Gasteiger partial charge in [0.2, 0.25) is 0 Å². The van der Waals surface area contributed by atoms with Crippen LogP contribution >= 0.6 is 0 Å². The molecule has 0 aromatic heterocycles. The molecular formula is C69H52N2. The third kappa shape index (κ3) is 7.17. The molecule has 0 N–H and O–H groups in total. The van der Waals surface area contributed by atoms with E-state index in [1.165, 1.54) is 98.7 Å². The van der Waals surface area contributed by atoms with Gasteiger partial charge in [-0.05, 0) is 186 Å². The molecule has 0 spiro atoms. The fraction of sp³-hybridized carbons (Fsp3) is 0.0725. The van der Waals surface area contributed by atoms with E-state index in [9.17, 15) is 0 Å². The second-order valence-corrected chi connectivity index (χ2v) is 19.9. The average molecular weight is 909 g/mol. The minimum atomic E-state index is -0.286. The summed E-state index contributed by atoms with van der Waals surface area (Å²) < 4.78 is 0. The average Bonchev–Trinajstić information content (AvgIpc) is 3.63. The molecule has 1 aliphatic carbocycles. The molecule has 12 aromatic rings. The van der Waals surface area contributed by atoms with Gasteiger partial charge in [-0.15, -0.1) is 0 Å².